The van der Waals surface area contributed by atoms with Crippen molar-refractivity contribution in [2.75, 3.05) is 37.2 Å². The van der Waals surface area contributed by atoms with Crippen LogP contribution in [0.15, 0.2) is 47.7 Å². The lowest BCUT2D eigenvalue weighted by atomic mass is 10.0. The Balaban J connectivity index is 2.21. The average Bonchev–Trinajstić information content (AvgIpc) is 2.71. The van der Waals surface area contributed by atoms with Crippen LogP contribution < -0.4 is 9.80 Å². The Hall–Kier alpha value is -3.28. The van der Waals surface area contributed by atoms with Gasteiger partial charge in [-0.3, -0.25) is 0 Å². The maximum absolute atomic E-state index is 12.8. The number of carbonyl (C=O) groups excluding carboxylic acids is 2. The van der Waals surface area contributed by atoms with E-state index in [1.54, 1.807) is 0 Å². The van der Waals surface area contributed by atoms with E-state index in [4.69, 9.17) is 9.47 Å². The summed E-state index contributed by atoms with van der Waals surface area (Å²) in [7, 11) is 2.64. The van der Waals surface area contributed by atoms with Crippen LogP contribution in [0.25, 0.3) is 0 Å². The zero-order chi connectivity index (χ0) is 22.0. The summed E-state index contributed by atoms with van der Waals surface area (Å²) in [5.74, 6) is -1.10. The molecule has 0 saturated carbocycles. The molecule has 1 heterocycles. The van der Waals surface area contributed by atoms with Crippen LogP contribution in [0.2, 0.25) is 0 Å². The molecule has 1 aliphatic rings. The minimum atomic E-state index is -0.560. The fraction of sp³-hybridized carbons (Fsp3) is 0.333. The Labute approximate surface area is 177 Å². The van der Waals surface area contributed by atoms with Gasteiger partial charge >= 0.3 is 11.9 Å². The minimum absolute atomic E-state index is 0.220. The minimum Gasteiger partial charge on any atom is -0.466 e. The topological polar surface area (TPSA) is 59.1 Å². The van der Waals surface area contributed by atoms with Gasteiger partial charge in [0.2, 0.25) is 0 Å². The van der Waals surface area contributed by atoms with Gasteiger partial charge in [0, 0.05) is 11.4 Å². The van der Waals surface area contributed by atoms with Gasteiger partial charge in [-0.05, 0) is 51.0 Å². The van der Waals surface area contributed by atoms with Crippen molar-refractivity contribution >= 4 is 23.3 Å². The number of hydrogen-bond acceptors (Lipinski definition) is 6. The van der Waals surface area contributed by atoms with Gasteiger partial charge in [-0.1, -0.05) is 35.4 Å². The van der Waals surface area contributed by atoms with E-state index in [1.165, 1.54) is 19.8 Å². The van der Waals surface area contributed by atoms with Crippen LogP contribution in [0.4, 0.5) is 11.4 Å². The molecular weight excluding hydrogens is 380 g/mol. The molecule has 1 aliphatic heterocycles. The molecule has 0 spiro atoms. The van der Waals surface area contributed by atoms with Crippen molar-refractivity contribution in [3.63, 3.8) is 0 Å². The number of nitrogens with zero attached hydrogens (tertiary/aromatic N) is 2. The highest BCUT2D eigenvalue weighted by atomic mass is 16.5. The fourth-order valence-corrected chi connectivity index (χ4v) is 3.96. The van der Waals surface area contributed by atoms with Gasteiger partial charge < -0.3 is 19.3 Å². The Bertz CT molecular complexity index is 1030. The first kappa shape index (κ1) is 21.4. The normalized spacial score (nSPS) is 14.1. The van der Waals surface area contributed by atoms with Crippen LogP contribution in [0.5, 0.6) is 0 Å². The lowest BCUT2D eigenvalue weighted by Gasteiger charge is -2.40. The van der Waals surface area contributed by atoms with E-state index in [2.05, 4.69) is 17.0 Å². The molecule has 6 nitrogen and oxygen atoms in total. The van der Waals surface area contributed by atoms with Crippen LogP contribution in [0.3, 0.4) is 0 Å². The van der Waals surface area contributed by atoms with Gasteiger partial charge in [-0.15, -0.1) is 0 Å². The Morgan fingerprint density at radius 2 is 1.33 bits per heavy atom. The molecule has 0 saturated heterocycles. The number of benzene rings is 2. The summed E-state index contributed by atoms with van der Waals surface area (Å²) >= 11 is 0. The van der Waals surface area contributed by atoms with Gasteiger partial charge in [0.05, 0.1) is 33.0 Å². The highest BCUT2D eigenvalue weighted by molar-refractivity contribution is 6.04. The van der Waals surface area contributed by atoms with Gasteiger partial charge in [-0.2, -0.15) is 0 Å². The van der Waals surface area contributed by atoms with Crippen molar-refractivity contribution < 1.29 is 19.1 Å². The molecule has 0 amide bonds. The molecule has 2 aromatic rings. The van der Waals surface area contributed by atoms with Gasteiger partial charge in [-0.25, -0.2) is 9.59 Å². The standard InChI is InChI=1S/C24H28N2O4/c1-15-7-9-20(17(3)11-15)25-13-19(23(27)29-5)22(24(28)30-6)26(14-25)21-10-8-16(2)12-18(21)4/h7-12H,13-14H2,1-6H3. The molecule has 0 atom stereocenters. The number of ether oxygens (including phenoxy) is 2. The maximum Gasteiger partial charge on any atom is 0.355 e. The molecule has 2 aromatic carbocycles. The highest BCUT2D eigenvalue weighted by Gasteiger charge is 2.36. The fourth-order valence-electron chi connectivity index (χ4n) is 3.96. The van der Waals surface area contributed by atoms with Crippen molar-refractivity contribution in [3.8, 4) is 0 Å². The Kier molecular flexibility index (Phi) is 6.15. The van der Waals surface area contributed by atoms with E-state index >= 15 is 0 Å². The predicted octanol–water partition coefficient (Wildman–Crippen LogP) is 3.80. The third-order valence-electron chi connectivity index (χ3n) is 5.36. The number of carbonyl (C=O) groups is 2. The van der Waals surface area contributed by atoms with E-state index in [0.29, 0.717) is 6.67 Å². The molecular formula is C24H28N2O4. The van der Waals surface area contributed by atoms with Gasteiger partial charge in [0.1, 0.15) is 5.70 Å². The third kappa shape index (κ3) is 4.03. The molecule has 0 unspecified atom stereocenters. The van der Waals surface area contributed by atoms with Crippen molar-refractivity contribution in [2.45, 2.75) is 27.7 Å². The third-order valence-corrected chi connectivity index (χ3v) is 5.36. The molecule has 6 heteroatoms. The summed E-state index contributed by atoms with van der Waals surface area (Å²) in [5.41, 5.74) is 6.73. The Morgan fingerprint density at radius 3 is 1.83 bits per heavy atom. The van der Waals surface area contributed by atoms with Gasteiger partial charge in [0.15, 0.2) is 0 Å². The van der Waals surface area contributed by atoms with Crippen LogP contribution in [0.1, 0.15) is 22.3 Å². The van der Waals surface area contributed by atoms with E-state index in [9.17, 15) is 9.59 Å². The van der Waals surface area contributed by atoms with Crippen LogP contribution >= 0.6 is 0 Å². The molecule has 0 radical (unpaired) electrons. The van der Waals surface area contributed by atoms with Crippen LogP contribution in [-0.2, 0) is 19.1 Å². The lowest BCUT2D eigenvalue weighted by molar-refractivity contribution is -0.139. The molecule has 30 heavy (non-hydrogen) atoms. The first-order chi connectivity index (χ1) is 14.3. The monoisotopic (exact) mass is 408 g/mol. The van der Waals surface area contributed by atoms with Crippen LogP contribution in [-0.4, -0.2) is 39.4 Å². The summed E-state index contributed by atoms with van der Waals surface area (Å²) in [5, 5.41) is 0. The smallest absolute Gasteiger partial charge is 0.355 e. The summed E-state index contributed by atoms with van der Waals surface area (Å²) in [6, 6.07) is 12.2. The average molecular weight is 408 g/mol. The van der Waals surface area contributed by atoms with Crippen molar-refractivity contribution in [1.82, 2.24) is 0 Å². The second-order valence-corrected chi connectivity index (χ2v) is 7.66. The number of anilines is 2. The number of aryl methyl sites for hydroxylation is 4. The first-order valence-corrected chi connectivity index (χ1v) is 9.83. The first-order valence-electron chi connectivity index (χ1n) is 9.83. The zero-order valence-corrected chi connectivity index (χ0v) is 18.4. The highest BCUT2D eigenvalue weighted by Crippen LogP contribution is 2.33. The quantitative estimate of drug-likeness (QED) is 0.717. The second kappa shape index (κ2) is 8.61. The molecule has 0 aromatic heterocycles. The SMILES string of the molecule is COC(=O)C1=C(C(=O)OC)N(c2ccc(C)cc2C)CN(c2ccc(C)cc2C)C1. The predicted molar refractivity (Wildman–Crippen MR) is 118 cm³/mol. The summed E-state index contributed by atoms with van der Waals surface area (Å²) in [6.07, 6.45) is 0. The number of hydrogen-bond donors (Lipinski definition) is 0. The number of rotatable bonds is 4. The molecule has 158 valence electrons. The van der Waals surface area contributed by atoms with Gasteiger partial charge in [0.25, 0.3) is 0 Å². The maximum atomic E-state index is 12.8. The summed E-state index contributed by atoms with van der Waals surface area (Å²) < 4.78 is 10.1. The van der Waals surface area contributed by atoms with E-state index in [-0.39, 0.29) is 17.8 Å². The van der Waals surface area contributed by atoms with E-state index < -0.39 is 11.9 Å². The van der Waals surface area contributed by atoms with E-state index in [1.807, 2.05) is 56.9 Å². The second-order valence-electron chi connectivity index (χ2n) is 7.66. The van der Waals surface area contributed by atoms with E-state index in [0.717, 1.165) is 28.1 Å². The number of methoxy groups -OCH3 is 2. The van der Waals surface area contributed by atoms with Crippen LogP contribution in [0, 0.1) is 27.7 Å². The molecule has 0 N–H and O–H groups in total. The largest absolute Gasteiger partial charge is 0.466 e. The summed E-state index contributed by atoms with van der Waals surface area (Å²) in [4.78, 5) is 29.4. The zero-order valence-electron chi connectivity index (χ0n) is 18.4. The summed E-state index contributed by atoms with van der Waals surface area (Å²) in [6.45, 7) is 8.75. The molecule has 0 bridgehead atoms. The van der Waals surface area contributed by atoms with Crippen molar-refractivity contribution in [2.24, 2.45) is 0 Å². The molecule has 3 rings (SSSR count). The van der Waals surface area contributed by atoms with Crippen molar-refractivity contribution in [3.05, 3.63) is 69.9 Å². The molecule has 0 fully saturated rings. The van der Waals surface area contributed by atoms with Crippen molar-refractivity contribution in [1.29, 1.82) is 0 Å². The number of esters is 2. The Morgan fingerprint density at radius 1 is 0.800 bits per heavy atom. The lowest BCUT2D eigenvalue weighted by Crippen LogP contribution is -2.48. The molecule has 0 aliphatic carbocycles.